The van der Waals surface area contributed by atoms with Crippen LogP contribution in [0.3, 0.4) is 0 Å². The van der Waals surface area contributed by atoms with E-state index in [1.165, 1.54) is 12.0 Å². The van der Waals surface area contributed by atoms with E-state index in [-0.39, 0.29) is 36.3 Å². The second kappa shape index (κ2) is 11.3. The molecule has 2 N–H and O–H groups in total. The zero-order valence-corrected chi connectivity index (χ0v) is 18.9. The second-order valence-corrected chi connectivity index (χ2v) is 8.89. The lowest BCUT2D eigenvalue weighted by atomic mass is 9.86. The maximum atomic E-state index is 12.0. The molecule has 9 heteroatoms. The lowest BCUT2D eigenvalue weighted by molar-refractivity contribution is 0.316. The zero-order valence-electron chi connectivity index (χ0n) is 14.9. The van der Waals surface area contributed by atoms with Gasteiger partial charge in [-0.3, -0.25) is 4.99 Å². The highest BCUT2D eigenvalue weighted by Gasteiger charge is 2.20. The molecule has 1 aromatic heterocycles. The summed E-state index contributed by atoms with van der Waals surface area (Å²) in [5, 5.41) is 7.37. The SMILES string of the molecule is CCNC(=NCCS(=O)(=O)NCC1CCC1)N(C)Cc1ccsc1.I. The number of nitrogens with zero attached hydrogens (tertiary/aromatic N) is 2. The van der Waals surface area contributed by atoms with Gasteiger partial charge in [-0.05, 0) is 48.1 Å². The van der Waals surface area contributed by atoms with Crippen molar-refractivity contribution in [3.8, 4) is 0 Å². The van der Waals surface area contributed by atoms with E-state index in [1.807, 2.05) is 24.3 Å². The first-order chi connectivity index (χ1) is 11.5. The molecule has 25 heavy (non-hydrogen) atoms. The molecule has 0 spiro atoms. The van der Waals surface area contributed by atoms with Crippen LogP contribution in [-0.4, -0.2) is 51.7 Å². The molecule has 6 nitrogen and oxygen atoms in total. The maximum Gasteiger partial charge on any atom is 0.213 e. The predicted molar refractivity (Wildman–Crippen MR) is 116 cm³/mol. The largest absolute Gasteiger partial charge is 0.357 e. The van der Waals surface area contributed by atoms with Gasteiger partial charge < -0.3 is 10.2 Å². The lowest BCUT2D eigenvalue weighted by Crippen LogP contribution is -2.39. The van der Waals surface area contributed by atoms with Gasteiger partial charge in [-0.25, -0.2) is 13.1 Å². The lowest BCUT2D eigenvalue weighted by Gasteiger charge is -2.25. The normalized spacial score (nSPS) is 15.4. The molecular weight excluding hydrogens is 471 g/mol. The van der Waals surface area contributed by atoms with Crippen LogP contribution >= 0.6 is 35.3 Å². The molecule has 1 fully saturated rings. The minimum Gasteiger partial charge on any atom is -0.357 e. The highest BCUT2D eigenvalue weighted by Crippen LogP contribution is 2.25. The van der Waals surface area contributed by atoms with Crippen LogP contribution in [0.5, 0.6) is 0 Å². The van der Waals surface area contributed by atoms with Gasteiger partial charge in [-0.2, -0.15) is 11.3 Å². The molecule has 1 aliphatic carbocycles. The van der Waals surface area contributed by atoms with Crippen LogP contribution in [0.15, 0.2) is 21.8 Å². The Morgan fingerprint density at radius 2 is 2.20 bits per heavy atom. The van der Waals surface area contributed by atoms with E-state index in [4.69, 9.17) is 0 Å². The highest BCUT2D eigenvalue weighted by atomic mass is 127. The van der Waals surface area contributed by atoms with Gasteiger partial charge in [0.15, 0.2) is 5.96 Å². The number of aliphatic imine (C=N–C) groups is 1. The number of sulfonamides is 1. The summed E-state index contributed by atoms with van der Waals surface area (Å²) >= 11 is 1.67. The first-order valence-electron chi connectivity index (χ1n) is 8.48. The molecular formula is C16H29IN4O2S2. The number of guanidine groups is 1. The van der Waals surface area contributed by atoms with Gasteiger partial charge in [-0.1, -0.05) is 6.42 Å². The van der Waals surface area contributed by atoms with Crippen LogP contribution in [-0.2, 0) is 16.6 Å². The second-order valence-electron chi connectivity index (χ2n) is 6.19. The molecule has 1 aliphatic rings. The predicted octanol–water partition coefficient (Wildman–Crippen LogP) is 2.48. The first kappa shape index (κ1) is 22.7. The average molecular weight is 500 g/mol. The summed E-state index contributed by atoms with van der Waals surface area (Å²) in [7, 11) is -1.28. The topological polar surface area (TPSA) is 73.8 Å². The summed E-state index contributed by atoms with van der Waals surface area (Å²) in [6, 6.07) is 2.08. The third-order valence-electron chi connectivity index (χ3n) is 4.13. The fourth-order valence-electron chi connectivity index (χ4n) is 2.49. The van der Waals surface area contributed by atoms with Crippen LogP contribution in [0.4, 0.5) is 0 Å². The van der Waals surface area contributed by atoms with Crippen LogP contribution < -0.4 is 10.0 Å². The molecule has 0 unspecified atom stereocenters. The molecule has 0 atom stereocenters. The van der Waals surface area contributed by atoms with Crippen molar-refractivity contribution >= 4 is 51.3 Å². The minimum absolute atomic E-state index is 0. The van der Waals surface area contributed by atoms with Crippen molar-refractivity contribution in [1.82, 2.24) is 14.9 Å². The van der Waals surface area contributed by atoms with Crippen molar-refractivity contribution < 1.29 is 8.42 Å². The van der Waals surface area contributed by atoms with Crippen molar-refractivity contribution in [1.29, 1.82) is 0 Å². The Labute approximate surface area is 172 Å². The van der Waals surface area contributed by atoms with Crippen molar-refractivity contribution in [3.05, 3.63) is 22.4 Å². The van der Waals surface area contributed by atoms with Crippen molar-refractivity contribution in [2.24, 2.45) is 10.9 Å². The summed E-state index contributed by atoms with van der Waals surface area (Å²) in [6.45, 7) is 4.34. The Hall–Kier alpha value is -0.390. The summed E-state index contributed by atoms with van der Waals surface area (Å²) in [5.41, 5.74) is 1.22. The van der Waals surface area contributed by atoms with Gasteiger partial charge in [0.05, 0.1) is 12.3 Å². The Kier molecular flexibility index (Phi) is 10.3. The van der Waals surface area contributed by atoms with E-state index in [1.54, 1.807) is 11.3 Å². The van der Waals surface area contributed by atoms with Crippen LogP contribution in [0.25, 0.3) is 0 Å². The number of thiophene rings is 1. The van der Waals surface area contributed by atoms with Crippen molar-refractivity contribution in [2.45, 2.75) is 32.7 Å². The number of hydrogen-bond donors (Lipinski definition) is 2. The van der Waals surface area contributed by atoms with Crippen LogP contribution in [0, 0.1) is 5.92 Å². The summed E-state index contributed by atoms with van der Waals surface area (Å²) < 4.78 is 26.8. The van der Waals surface area contributed by atoms with Gasteiger partial charge >= 0.3 is 0 Å². The van der Waals surface area contributed by atoms with E-state index in [9.17, 15) is 8.42 Å². The molecule has 1 heterocycles. The monoisotopic (exact) mass is 500 g/mol. The molecule has 2 rings (SSSR count). The first-order valence-corrected chi connectivity index (χ1v) is 11.1. The maximum absolute atomic E-state index is 12.0. The van der Waals surface area contributed by atoms with Gasteiger partial charge in [0.25, 0.3) is 0 Å². The number of halogens is 1. The fourth-order valence-corrected chi connectivity index (χ4v) is 4.11. The smallest absolute Gasteiger partial charge is 0.213 e. The Morgan fingerprint density at radius 3 is 2.76 bits per heavy atom. The van der Waals surface area contributed by atoms with Crippen LogP contribution in [0.2, 0.25) is 0 Å². The van der Waals surface area contributed by atoms with Gasteiger partial charge in [-0.15, -0.1) is 24.0 Å². The van der Waals surface area contributed by atoms with Crippen LogP contribution in [0.1, 0.15) is 31.7 Å². The van der Waals surface area contributed by atoms with Gasteiger partial charge in [0, 0.05) is 26.7 Å². The molecule has 0 amide bonds. The number of nitrogens with one attached hydrogen (secondary N) is 2. The summed E-state index contributed by atoms with van der Waals surface area (Å²) in [4.78, 5) is 6.47. The molecule has 0 bridgehead atoms. The van der Waals surface area contributed by atoms with Gasteiger partial charge in [0.2, 0.25) is 10.0 Å². The van der Waals surface area contributed by atoms with E-state index in [0.29, 0.717) is 12.5 Å². The molecule has 0 saturated heterocycles. The van der Waals surface area contributed by atoms with E-state index in [2.05, 4.69) is 26.5 Å². The Morgan fingerprint density at radius 1 is 1.44 bits per heavy atom. The van der Waals surface area contributed by atoms with E-state index < -0.39 is 10.0 Å². The molecule has 144 valence electrons. The number of rotatable bonds is 9. The fraction of sp³-hybridized carbons (Fsp3) is 0.688. The summed E-state index contributed by atoms with van der Waals surface area (Å²) in [6.07, 6.45) is 3.50. The minimum atomic E-state index is -3.24. The van der Waals surface area contributed by atoms with Gasteiger partial charge in [0.1, 0.15) is 0 Å². The molecule has 0 aliphatic heterocycles. The quantitative estimate of drug-likeness (QED) is 0.311. The third kappa shape index (κ3) is 8.23. The standard InChI is InChI=1S/C16H28N4O2S2.HI/c1-3-17-16(20(2)12-15-7-9-23-13-15)18-8-10-24(21,22)19-11-14-5-4-6-14;/h7,9,13-14,19H,3-6,8,10-12H2,1-2H3,(H,17,18);1H. The highest BCUT2D eigenvalue weighted by molar-refractivity contribution is 14.0. The van der Waals surface area contributed by atoms with Crippen molar-refractivity contribution in [3.63, 3.8) is 0 Å². The molecule has 1 saturated carbocycles. The number of hydrogen-bond acceptors (Lipinski definition) is 4. The zero-order chi connectivity index (χ0) is 17.4. The molecule has 0 aromatic carbocycles. The molecule has 0 radical (unpaired) electrons. The van der Waals surface area contributed by atoms with E-state index >= 15 is 0 Å². The van der Waals surface area contributed by atoms with E-state index in [0.717, 1.165) is 31.9 Å². The average Bonchev–Trinajstić information content (AvgIpc) is 2.97. The summed E-state index contributed by atoms with van der Waals surface area (Å²) in [5.74, 6) is 1.29. The third-order valence-corrected chi connectivity index (χ3v) is 6.19. The van der Waals surface area contributed by atoms with Crippen molar-refractivity contribution in [2.75, 3.05) is 32.4 Å². The molecule has 1 aromatic rings. The Balaban J connectivity index is 0.00000312. The Bertz CT molecular complexity index is 616.